The van der Waals surface area contributed by atoms with Gasteiger partial charge in [-0.15, -0.1) is 6.58 Å². The Hall–Kier alpha value is -2.14. The summed E-state index contributed by atoms with van der Waals surface area (Å²) >= 11 is 0. The number of nitrogens with one attached hydrogen (secondary N) is 1. The highest BCUT2D eigenvalue weighted by Crippen LogP contribution is 2.06. The van der Waals surface area contributed by atoms with E-state index >= 15 is 0 Å². The van der Waals surface area contributed by atoms with Crippen LogP contribution in [0.15, 0.2) is 43.0 Å². The Labute approximate surface area is 125 Å². The van der Waals surface area contributed by atoms with Gasteiger partial charge in [0.25, 0.3) is 0 Å². The van der Waals surface area contributed by atoms with E-state index in [0.717, 1.165) is 5.56 Å². The Morgan fingerprint density at radius 2 is 2.14 bits per heavy atom. The van der Waals surface area contributed by atoms with Crippen molar-refractivity contribution in [1.29, 1.82) is 0 Å². The Balaban J connectivity index is 1.93. The lowest BCUT2D eigenvalue weighted by Crippen LogP contribution is -2.52. The van der Waals surface area contributed by atoms with Gasteiger partial charge in [-0.3, -0.25) is 14.5 Å². The number of nitrogens with zero attached hydrogens (tertiary/aromatic N) is 2. The molecule has 2 rings (SSSR count). The second kappa shape index (κ2) is 7.59. The molecule has 1 fully saturated rings. The number of benzene rings is 1. The summed E-state index contributed by atoms with van der Waals surface area (Å²) in [6, 6.07) is 10.0. The molecule has 0 atom stereocenters. The third kappa shape index (κ3) is 4.72. The first-order valence-electron chi connectivity index (χ1n) is 7.10. The van der Waals surface area contributed by atoms with Gasteiger partial charge in [-0.25, -0.2) is 0 Å². The molecule has 0 bridgehead atoms. The van der Waals surface area contributed by atoms with Crippen LogP contribution in [0.3, 0.4) is 0 Å². The van der Waals surface area contributed by atoms with Crippen LogP contribution in [0.1, 0.15) is 5.56 Å². The van der Waals surface area contributed by atoms with Gasteiger partial charge >= 0.3 is 0 Å². The molecule has 1 aliphatic heterocycles. The Morgan fingerprint density at radius 3 is 2.81 bits per heavy atom. The number of hydrogen-bond donors (Lipinski definition) is 1. The van der Waals surface area contributed by atoms with Gasteiger partial charge in [-0.05, 0) is 5.56 Å². The Bertz CT molecular complexity index is 502. The summed E-state index contributed by atoms with van der Waals surface area (Å²) in [5, 5.41) is 2.72. The van der Waals surface area contributed by atoms with E-state index in [4.69, 9.17) is 0 Å². The van der Waals surface area contributed by atoms with Gasteiger partial charge in [0.05, 0.1) is 13.1 Å². The minimum absolute atomic E-state index is 0.0115. The maximum atomic E-state index is 12.3. The fourth-order valence-corrected chi connectivity index (χ4v) is 2.35. The van der Waals surface area contributed by atoms with Gasteiger partial charge in [0.15, 0.2) is 0 Å². The zero-order valence-corrected chi connectivity index (χ0v) is 12.1. The van der Waals surface area contributed by atoms with Crippen molar-refractivity contribution < 1.29 is 9.59 Å². The van der Waals surface area contributed by atoms with Crippen LogP contribution < -0.4 is 5.32 Å². The lowest BCUT2D eigenvalue weighted by Gasteiger charge is -2.29. The highest BCUT2D eigenvalue weighted by atomic mass is 16.2. The van der Waals surface area contributed by atoms with E-state index in [2.05, 4.69) is 11.9 Å². The van der Waals surface area contributed by atoms with Gasteiger partial charge in [0.1, 0.15) is 0 Å². The molecule has 0 aliphatic carbocycles. The van der Waals surface area contributed by atoms with Crippen molar-refractivity contribution in [3.63, 3.8) is 0 Å². The number of hydrogen-bond acceptors (Lipinski definition) is 3. The molecule has 1 aliphatic rings. The SMILES string of the molecule is C=CCN(CC(=O)N1CCNC(=O)C1)Cc1ccccc1. The van der Waals surface area contributed by atoms with Crippen molar-refractivity contribution in [3.8, 4) is 0 Å². The first-order chi connectivity index (χ1) is 10.2. The van der Waals surface area contributed by atoms with Gasteiger partial charge < -0.3 is 10.2 Å². The molecule has 1 heterocycles. The molecule has 0 radical (unpaired) electrons. The van der Waals surface area contributed by atoms with E-state index in [1.165, 1.54) is 0 Å². The van der Waals surface area contributed by atoms with E-state index in [-0.39, 0.29) is 18.4 Å². The molecule has 2 amide bonds. The molecule has 112 valence electrons. The van der Waals surface area contributed by atoms with Gasteiger partial charge in [0, 0.05) is 26.2 Å². The molecule has 1 N–H and O–H groups in total. The molecule has 1 aromatic rings. The average Bonchev–Trinajstić information content (AvgIpc) is 2.48. The van der Waals surface area contributed by atoms with Crippen molar-refractivity contribution in [3.05, 3.63) is 48.6 Å². The van der Waals surface area contributed by atoms with Crippen LogP contribution in [-0.4, -0.2) is 54.3 Å². The second-order valence-corrected chi connectivity index (χ2v) is 5.11. The van der Waals surface area contributed by atoms with Gasteiger partial charge in [0.2, 0.25) is 11.8 Å². The monoisotopic (exact) mass is 287 g/mol. The largest absolute Gasteiger partial charge is 0.353 e. The van der Waals surface area contributed by atoms with E-state index in [1.807, 2.05) is 35.2 Å². The third-order valence-electron chi connectivity index (χ3n) is 3.39. The van der Waals surface area contributed by atoms with Crippen LogP contribution in [0.2, 0.25) is 0 Å². The van der Waals surface area contributed by atoms with Crippen LogP contribution >= 0.6 is 0 Å². The molecule has 0 unspecified atom stereocenters. The molecule has 1 aromatic carbocycles. The van der Waals surface area contributed by atoms with Crippen molar-refractivity contribution in [2.75, 3.05) is 32.7 Å². The van der Waals surface area contributed by atoms with Crippen LogP contribution in [0, 0.1) is 0 Å². The van der Waals surface area contributed by atoms with Crippen LogP contribution in [-0.2, 0) is 16.1 Å². The highest BCUT2D eigenvalue weighted by molar-refractivity contribution is 5.86. The quantitative estimate of drug-likeness (QED) is 0.781. The van der Waals surface area contributed by atoms with E-state index in [1.54, 1.807) is 11.0 Å². The second-order valence-electron chi connectivity index (χ2n) is 5.11. The standard InChI is InChI=1S/C16H21N3O2/c1-2-9-18(11-14-6-4-3-5-7-14)13-16(21)19-10-8-17-15(20)12-19/h2-7H,1,8-13H2,(H,17,20). The Kier molecular flexibility index (Phi) is 5.51. The van der Waals surface area contributed by atoms with Crippen molar-refractivity contribution >= 4 is 11.8 Å². The van der Waals surface area contributed by atoms with Gasteiger partial charge in [-0.1, -0.05) is 36.4 Å². The molecular weight excluding hydrogens is 266 g/mol. The third-order valence-corrected chi connectivity index (χ3v) is 3.39. The molecule has 5 heteroatoms. The van der Waals surface area contributed by atoms with Gasteiger partial charge in [-0.2, -0.15) is 0 Å². The number of piperazine rings is 1. The van der Waals surface area contributed by atoms with Crippen molar-refractivity contribution in [1.82, 2.24) is 15.1 Å². The average molecular weight is 287 g/mol. The fraction of sp³-hybridized carbons (Fsp3) is 0.375. The summed E-state index contributed by atoms with van der Waals surface area (Å²) in [5.41, 5.74) is 1.16. The van der Waals surface area contributed by atoms with E-state index < -0.39 is 0 Å². The molecule has 0 spiro atoms. The van der Waals surface area contributed by atoms with Crippen molar-refractivity contribution in [2.45, 2.75) is 6.54 Å². The summed E-state index contributed by atoms with van der Waals surface area (Å²) in [4.78, 5) is 27.3. The lowest BCUT2D eigenvalue weighted by molar-refractivity contribution is -0.139. The predicted octanol–water partition coefficient (Wildman–Crippen LogP) is 0.633. The lowest BCUT2D eigenvalue weighted by atomic mass is 10.2. The van der Waals surface area contributed by atoms with E-state index in [0.29, 0.717) is 32.7 Å². The van der Waals surface area contributed by atoms with Crippen LogP contribution in [0.5, 0.6) is 0 Å². The van der Waals surface area contributed by atoms with Crippen LogP contribution in [0.4, 0.5) is 0 Å². The molecular formula is C16H21N3O2. The zero-order valence-electron chi connectivity index (χ0n) is 12.1. The minimum Gasteiger partial charge on any atom is -0.353 e. The molecule has 0 aromatic heterocycles. The molecule has 0 saturated carbocycles. The predicted molar refractivity (Wildman–Crippen MR) is 81.5 cm³/mol. The first kappa shape index (κ1) is 15.3. The molecule has 21 heavy (non-hydrogen) atoms. The number of carbonyl (C=O) groups is 2. The maximum absolute atomic E-state index is 12.3. The smallest absolute Gasteiger partial charge is 0.239 e. The number of carbonyl (C=O) groups excluding carboxylic acids is 2. The normalized spacial score (nSPS) is 14.9. The zero-order chi connectivity index (χ0) is 15.1. The fourth-order valence-electron chi connectivity index (χ4n) is 2.35. The summed E-state index contributed by atoms with van der Waals surface area (Å²) in [6.07, 6.45) is 1.79. The molecule has 1 saturated heterocycles. The summed E-state index contributed by atoms with van der Waals surface area (Å²) < 4.78 is 0. The van der Waals surface area contributed by atoms with E-state index in [9.17, 15) is 9.59 Å². The topological polar surface area (TPSA) is 52.7 Å². The number of amides is 2. The van der Waals surface area contributed by atoms with Crippen molar-refractivity contribution in [2.24, 2.45) is 0 Å². The Morgan fingerprint density at radius 1 is 1.38 bits per heavy atom. The molecule has 5 nitrogen and oxygen atoms in total. The maximum Gasteiger partial charge on any atom is 0.239 e. The summed E-state index contributed by atoms with van der Waals surface area (Å²) in [7, 11) is 0. The number of rotatable bonds is 6. The van der Waals surface area contributed by atoms with Crippen LogP contribution in [0.25, 0.3) is 0 Å². The first-order valence-corrected chi connectivity index (χ1v) is 7.10. The summed E-state index contributed by atoms with van der Waals surface area (Å²) in [5.74, 6) is -0.101. The minimum atomic E-state index is -0.0899. The highest BCUT2D eigenvalue weighted by Gasteiger charge is 2.22. The summed E-state index contributed by atoms with van der Waals surface area (Å²) in [6.45, 7) is 6.65.